The summed E-state index contributed by atoms with van der Waals surface area (Å²) >= 11 is 0. The molecular weight excluding hydrogens is 351 g/mol. The summed E-state index contributed by atoms with van der Waals surface area (Å²) in [5.74, 6) is -7.38. The number of hydrogen-bond donors (Lipinski definition) is 1. The van der Waals surface area contributed by atoms with Gasteiger partial charge in [-0.2, -0.15) is 4.39 Å². The van der Waals surface area contributed by atoms with E-state index in [1.54, 1.807) is 30.3 Å². The normalized spacial score (nSPS) is 15.7. The summed E-state index contributed by atoms with van der Waals surface area (Å²) in [4.78, 5) is 23.8. The first kappa shape index (κ1) is 16.2. The van der Waals surface area contributed by atoms with Gasteiger partial charge in [0.25, 0.3) is 0 Å². The van der Waals surface area contributed by atoms with Crippen molar-refractivity contribution in [2.45, 2.75) is 6.04 Å². The maximum atomic E-state index is 14.3. The Morgan fingerprint density at radius 1 is 1.12 bits per heavy atom. The van der Waals surface area contributed by atoms with Crippen molar-refractivity contribution in [3.63, 3.8) is 0 Å². The van der Waals surface area contributed by atoms with Crippen molar-refractivity contribution in [3.05, 3.63) is 75.3 Å². The molecule has 1 aromatic heterocycles. The Labute approximate surface area is 143 Å². The fourth-order valence-corrected chi connectivity index (χ4v) is 3.18. The van der Waals surface area contributed by atoms with Crippen LogP contribution in [0, 0.1) is 17.5 Å². The quantitative estimate of drug-likeness (QED) is 0.713. The summed E-state index contributed by atoms with van der Waals surface area (Å²) in [5.41, 5.74) is -1.61. The molecule has 1 atom stereocenters. The molecule has 0 aliphatic carbocycles. The van der Waals surface area contributed by atoms with Gasteiger partial charge >= 0.3 is 5.97 Å². The smallest absolute Gasteiger partial charge is 0.341 e. The third-order valence-electron chi connectivity index (χ3n) is 4.39. The number of carboxylic acids is 1. The van der Waals surface area contributed by atoms with Crippen LogP contribution in [0.4, 0.5) is 13.2 Å². The lowest BCUT2D eigenvalue weighted by Gasteiger charge is -2.30. The van der Waals surface area contributed by atoms with Crippen LogP contribution in [0.15, 0.2) is 41.3 Å². The molecule has 1 aliphatic heterocycles. The van der Waals surface area contributed by atoms with Crippen molar-refractivity contribution in [2.75, 3.05) is 6.61 Å². The van der Waals surface area contributed by atoms with Crippen LogP contribution in [-0.2, 0) is 0 Å². The second-order valence-corrected chi connectivity index (χ2v) is 5.82. The number of carboxylic acid groups (broad SMARTS) is 1. The molecule has 3 aromatic rings. The van der Waals surface area contributed by atoms with E-state index in [0.29, 0.717) is 5.56 Å². The molecule has 4 rings (SSSR count). The number of pyridine rings is 1. The Morgan fingerprint density at radius 3 is 2.46 bits per heavy atom. The highest BCUT2D eigenvalue weighted by molar-refractivity contribution is 5.95. The van der Waals surface area contributed by atoms with Gasteiger partial charge < -0.3 is 14.4 Å². The number of carbonyl (C=O) groups is 1. The lowest BCUT2D eigenvalue weighted by Crippen LogP contribution is -2.30. The van der Waals surface area contributed by atoms with Crippen molar-refractivity contribution < 1.29 is 27.8 Å². The molecule has 0 unspecified atom stereocenters. The molecule has 2 aromatic carbocycles. The van der Waals surface area contributed by atoms with Gasteiger partial charge in [-0.1, -0.05) is 30.3 Å². The summed E-state index contributed by atoms with van der Waals surface area (Å²) in [6.07, 6.45) is 1.01. The van der Waals surface area contributed by atoms with Crippen molar-refractivity contribution in [1.82, 2.24) is 4.57 Å². The molecule has 132 valence electrons. The van der Waals surface area contributed by atoms with Gasteiger partial charge in [-0.15, -0.1) is 0 Å². The predicted molar refractivity (Wildman–Crippen MR) is 85.1 cm³/mol. The average Bonchev–Trinajstić information content (AvgIpc) is 2.64. The average molecular weight is 361 g/mol. The van der Waals surface area contributed by atoms with E-state index < -0.39 is 51.6 Å². The molecule has 26 heavy (non-hydrogen) atoms. The van der Waals surface area contributed by atoms with E-state index in [9.17, 15) is 27.9 Å². The van der Waals surface area contributed by atoms with Crippen molar-refractivity contribution in [2.24, 2.45) is 0 Å². The minimum Gasteiger partial charge on any atom is -0.486 e. The fourth-order valence-electron chi connectivity index (χ4n) is 3.18. The number of hydrogen-bond acceptors (Lipinski definition) is 3. The summed E-state index contributed by atoms with van der Waals surface area (Å²) < 4.78 is 48.9. The van der Waals surface area contributed by atoms with Crippen LogP contribution in [0.3, 0.4) is 0 Å². The van der Waals surface area contributed by atoms with Gasteiger partial charge in [0.15, 0.2) is 17.4 Å². The third-order valence-corrected chi connectivity index (χ3v) is 4.39. The van der Waals surface area contributed by atoms with Gasteiger partial charge in [0.05, 0.1) is 11.4 Å². The Hall–Kier alpha value is -3.29. The number of benzene rings is 2. The highest BCUT2D eigenvalue weighted by atomic mass is 19.2. The molecule has 0 amide bonds. The van der Waals surface area contributed by atoms with E-state index in [1.165, 1.54) is 4.57 Å². The second-order valence-electron chi connectivity index (χ2n) is 5.82. The van der Waals surface area contributed by atoms with Gasteiger partial charge in [0.1, 0.15) is 17.7 Å². The maximum absolute atomic E-state index is 14.3. The molecule has 1 aliphatic rings. The molecule has 1 N–H and O–H groups in total. The molecule has 0 bridgehead atoms. The second kappa shape index (κ2) is 5.62. The van der Waals surface area contributed by atoms with Gasteiger partial charge in [-0.25, -0.2) is 13.6 Å². The zero-order valence-corrected chi connectivity index (χ0v) is 13.0. The molecule has 0 saturated heterocycles. The summed E-state index contributed by atoms with van der Waals surface area (Å²) in [6, 6.07) is 8.02. The standard InChI is InChI=1S/C18H10F3NO4/c19-12-11-15-17(14(21)13(12)20)26-7-10(8-4-2-1-3-5-8)22(15)6-9(16(11)23)18(24)25/h1-6,10H,7H2,(H,24,25)/t10-/m1/s1. The predicted octanol–water partition coefficient (Wildman–Crippen LogP) is 3.10. The molecule has 0 fully saturated rings. The first-order valence-electron chi connectivity index (χ1n) is 7.58. The zero-order chi connectivity index (χ0) is 18.6. The lowest BCUT2D eigenvalue weighted by atomic mass is 10.0. The highest BCUT2D eigenvalue weighted by Gasteiger charge is 2.33. The molecule has 8 heteroatoms. The summed E-state index contributed by atoms with van der Waals surface area (Å²) in [5, 5.41) is 8.42. The Balaban J connectivity index is 2.18. The van der Waals surface area contributed by atoms with Crippen LogP contribution in [0.2, 0.25) is 0 Å². The topological polar surface area (TPSA) is 68.5 Å². The van der Waals surface area contributed by atoms with Crippen molar-refractivity contribution in [1.29, 1.82) is 0 Å². The zero-order valence-electron chi connectivity index (χ0n) is 13.0. The largest absolute Gasteiger partial charge is 0.486 e. The first-order valence-corrected chi connectivity index (χ1v) is 7.58. The summed E-state index contributed by atoms with van der Waals surface area (Å²) in [6.45, 7) is -0.143. The minimum atomic E-state index is -1.88. The SMILES string of the molecule is O=C(O)c1cn2c3c(c(F)c(F)c(F)c3c1=O)OC[C@@H]2c1ccccc1. The van der Waals surface area contributed by atoms with Gasteiger partial charge in [-0.3, -0.25) is 4.79 Å². The van der Waals surface area contributed by atoms with Crippen LogP contribution in [0.25, 0.3) is 10.9 Å². The third kappa shape index (κ3) is 2.11. The number of rotatable bonds is 2. The Morgan fingerprint density at radius 2 is 1.81 bits per heavy atom. The molecule has 0 saturated carbocycles. The number of ether oxygens (including phenoxy) is 1. The van der Waals surface area contributed by atoms with E-state index in [4.69, 9.17) is 4.74 Å². The number of aromatic nitrogens is 1. The maximum Gasteiger partial charge on any atom is 0.341 e. The number of halogens is 3. The lowest BCUT2D eigenvalue weighted by molar-refractivity contribution is 0.0694. The Kier molecular flexibility index (Phi) is 3.50. The van der Waals surface area contributed by atoms with Crippen LogP contribution < -0.4 is 10.2 Å². The molecule has 5 nitrogen and oxygen atoms in total. The monoisotopic (exact) mass is 361 g/mol. The molecule has 0 radical (unpaired) electrons. The van der Waals surface area contributed by atoms with Crippen LogP contribution in [0.1, 0.15) is 22.0 Å². The Bertz CT molecular complexity index is 1130. The fraction of sp³-hybridized carbons (Fsp3) is 0.111. The van der Waals surface area contributed by atoms with Gasteiger partial charge in [0, 0.05) is 6.20 Å². The van der Waals surface area contributed by atoms with E-state index in [-0.39, 0.29) is 12.1 Å². The first-order chi connectivity index (χ1) is 12.4. The van der Waals surface area contributed by atoms with Crippen LogP contribution in [0.5, 0.6) is 5.75 Å². The van der Waals surface area contributed by atoms with Crippen molar-refractivity contribution in [3.8, 4) is 5.75 Å². The van der Waals surface area contributed by atoms with Crippen LogP contribution >= 0.6 is 0 Å². The molecule has 2 heterocycles. The van der Waals surface area contributed by atoms with E-state index in [0.717, 1.165) is 6.20 Å². The minimum absolute atomic E-state index is 0.143. The molecule has 0 spiro atoms. The van der Waals surface area contributed by atoms with Gasteiger partial charge in [0.2, 0.25) is 11.2 Å². The van der Waals surface area contributed by atoms with E-state index >= 15 is 0 Å². The van der Waals surface area contributed by atoms with Gasteiger partial charge in [-0.05, 0) is 5.56 Å². The summed E-state index contributed by atoms with van der Waals surface area (Å²) in [7, 11) is 0. The number of aromatic carboxylic acids is 1. The van der Waals surface area contributed by atoms with Crippen LogP contribution in [-0.4, -0.2) is 22.2 Å². The molecular formula is C18H10F3NO4. The van der Waals surface area contributed by atoms with E-state index in [1.807, 2.05) is 0 Å². The highest BCUT2D eigenvalue weighted by Crippen LogP contribution is 2.38. The van der Waals surface area contributed by atoms with Crippen molar-refractivity contribution >= 4 is 16.9 Å². The number of nitrogens with zero attached hydrogens (tertiary/aromatic N) is 1. The van der Waals surface area contributed by atoms with E-state index in [2.05, 4.69) is 0 Å².